The minimum atomic E-state index is -4.03. The molecule has 3 aromatic rings. The number of hydrogen-bond donors (Lipinski definition) is 0. The van der Waals surface area contributed by atoms with Gasteiger partial charge in [0.05, 0.1) is 35.3 Å². The molecule has 2 aromatic carbocycles. The van der Waals surface area contributed by atoms with Gasteiger partial charge in [-0.25, -0.2) is 30.5 Å². The summed E-state index contributed by atoms with van der Waals surface area (Å²) in [5, 5.41) is 4.25. The fraction of sp³-hybridized carbons (Fsp3) is 0.357. The van der Waals surface area contributed by atoms with Crippen molar-refractivity contribution in [3.05, 3.63) is 83.2 Å². The molecule has 216 valence electrons. The van der Waals surface area contributed by atoms with Gasteiger partial charge in [-0.05, 0) is 62.1 Å². The zero-order valence-electron chi connectivity index (χ0n) is 22.7. The molecule has 3 heterocycles. The third-order valence-corrected chi connectivity index (χ3v) is 11.4. The van der Waals surface area contributed by atoms with Crippen molar-refractivity contribution in [2.75, 3.05) is 19.1 Å². The molecular weight excluding hydrogens is 571 g/mol. The van der Waals surface area contributed by atoms with E-state index >= 15 is 0 Å². The predicted octanol–water partition coefficient (Wildman–Crippen LogP) is 3.91. The van der Waals surface area contributed by atoms with Crippen LogP contribution < -0.4 is 4.74 Å². The average Bonchev–Trinajstić information content (AvgIpc) is 3.40. The van der Waals surface area contributed by atoms with Crippen LogP contribution in [-0.4, -0.2) is 60.4 Å². The van der Waals surface area contributed by atoms with Crippen LogP contribution >= 0.6 is 0 Å². The van der Waals surface area contributed by atoms with Gasteiger partial charge in [-0.15, -0.1) is 0 Å². The summed E-state index contributed by atoms with van der Waals surface area (Å²) in [6, 6.07) is 10.8. The molecule has 3 aliphatic rings. The van der Waals surface area contributed by atoms with E-state index in [-0.39, 0.29) is 24.4 Å². The van der Waals surface area contributed by atoms with E-state index in [9.17, 15) is 21.2 Å². The number of ether oxygens (including phenoxy) is 1. The lowest BCUT2D eigenvalue weighted by molar-refractivity contribution is -0.0794. The van der Waals surface area contributed by atoms with Gasteiger partial charge < -0.3 is 14.1 Å². The Morgan fingerprint density at radius 1 is 1.17 bits per heavy atom. The van der Waals surface area contributed by atoms with Crippen LogP contribution in [0.15, 0.2) is 65.7 Å². The fourth-order valence-corrected chi connectivity index (χ4v) is 8.50. The highest BCUT2D eigenvalue weighted by Crippen LogP contribution is 2.58. The maximum atomic E-state index is 14.1. The molecule has 41 heavy (non-hydrogen) atoms. The number of methoxy groups -OCH3 is 1. The lowest BCUT2D eigenvalue weighted by Gasteiger charge is -2.42. The number of aromatic nitrogens is 2. The molecular formula is C28H29FN4O6S2. The van der Waals surface area contributed by atoms with Crippen molar-refractivity contribution in [1.82, 2.24) is 13.9 Å². The second kappa shape index (κ2) is 9.41. The Hall–Kier alpha value is -3.71. The van der Waals surface area contributed by atoms with Crippen molar-refractivity contribution in [2.45, 2.75) is 43.1 Å². The van der Waals surface area contributed by atoms with E-state index in [2.05, 4.69) is 10.1 Å². The lowest BCUT2D eigenvalue weighted by atomic mass is 9.97. The first-order valence-corrected chi connectivity index (χ1v) is 16.5. The minimum absolute atomic E-state index is 0.0913. The van der Waals surface area contributed by atoms with Gasteiger partial charge >= 0.3 is 0 Å². The van der Waals surface area contributed by atoms with Crippen molar-refractivity contribution >= 4 is 31.8 Å². The van der Waals surface area contributed by atoms with Crippen LogP contribution in [0.4, 0.5) is 4.39 Å². The van der Waals surface area contributed by atoms with E-state index in [1.165, 1.54) is 24.3 Å². The molecule has 1 aromatic heterocycles. The van der Waals surface area contributed by atoms with E-state index in [4.69, 9.17) is 9.57 Å². The molecule has 0 bridgehead atoms. The fourth-order valence-electron chi connectivity index (χ4n) is 5.51. The molecule has 1 saturated heterocycles. The number of nitrogens with zero attached hydrogens (tertiary/aromatic N) is 4. The van der Waals surface area contributed by atoms with Gasteiger partial charge in [-0.3, -0.25) is 0 Å². The number of hydrogen-bond acceptors (Lipinski definition) is 8. The molecule has 1 aliphatic carbocycles. The van der Waals surface area contributed by atoms with Crippen LogP contribution in [0.25, 0.3) is 11.8 Å². The third-order valence-electron chi connectivity index (χ3n) is 7.84. The van der Waals surface area contributed by atoms with Crippen molar-refractivity contribution in [3.63, 3.8) is 0 Å². The number of benzene rings is 2. The van der Waals surface area contributed by atoms with Crippen LogP contribution in [0.2, 0.25) is 0 Å². The normalized spacial score (nSPS) is 23.3. The molecule has 6 rings (SSSR count). The molecule has 13 heteroatoms. The van der Waals surface area contributed by atoms with E-state index in [0.29, 0.717) is 29.7 Å². The number of fused-ring (bicyclic) bond motifs is 1. The first kappa shape index (κ1) is 27.5. The largest absolute Gasteiger partial charge is 0.495 e. The lowest BCUT2D eigenvalue weighted by Crippen LogP contribution is -2.57. The van der Waals surface area contributed by atoms with Gasteiger partial charge in [0.25, 0.3) is 5.72 Å². The zero-order chi connectivity index (χ0) is 29.2. The summed E-state index contributed by atoms with van der Waals surface area (Å²) in [5.41, 5.74) is 1.56. The maximum Gasteiger partial charge on any atom is 0.251 e. The van der Waals surface area contributed by atoms with Crippen LogP contribution in [-0.2, 0) is 30.4 Å². The summed E-state index contributed by atoms with van der Waals surface area (Å²) in [4.78, 5) is 10.2. The van der Waals surface area contributed by atoms with Crippen molar-refractivity contribution < 1.29 is 30.8 Å². The number of halogens is 1. The van der Waals surface area contributed by atoms with Gasteiger partial charge in [0.1, 0.15) is 21.4 Å². The number of aryl methyl sites for hydroxylation is 1. The summed E-state index contributed by atoms with van der Waals surface area (Å²) in [6.07, 6.45) is 7.41. The molecule has 1 saturated carbocycles. The molecule has 1 atom stereocenters. The maximum absolute atomic E-state index is 14.1. The molecule has 1 unspecified atom stereocenters. The highest BCUT2D eigenvalue weighted by molar-refractivity contribution is 7.91. The molecule has 0 radical (unpaired) electrons. The highest BCUT2D eigenvalue weighted by Gasteiger charge is 2.68. The Morgan fingerprint density at radius 3 is 2.51 bits per heavy atom. The topological polar surface area (TPSA) is 120 Å². The summed E-state index contributed by atoms with van der Waals surface area (Å²) in [6.45, 7) is 1.89. The molecule has 10 nitrogen and oxygen atoms in total. The average molecular weight is 601 g/mol. The van der Waals surface area contributed by atoms with Crippen LogP contribution in [0.1, 0.15) is 42.5 Å². The number of sulfone groups is 1. The SMILES string of the molecule is COc1cc(/C=C2\CC3(CC3)S(=O)(=O)N3C2=NOC3(CCS(C)(=O)=O)c2ccc(F)cc2)ccc1-n1cnc(C)c1. The smallest absolute Gasteiger partial charge is 0.251 e. The van der Waals surface area contributed by atoms with Crippen molar-refractivity contribution in [1.29, 1.82) is 0 Å². The van der Waals surface area contributed by atoms with Crippen molar-refractivity contribution in [3.8, 4) is 11.4 Å². The summed E-state index contributed by atoms with van der Waals surface area (Å²) >= 11 is 0. The monoisotopic (exact) mass is 600 g/mol. The zero-order valence-corrected chi connectivity index (χ0v) is 24.4. The Morgan fingerprint density at radius 2 is 1.90 bits per heavy atom. The second-order valence-corrected chi connectivity index (χ2v) is 15.3. The summed E-state index contributed by atoms with van der Waals surface area (Å²) in [5.74, 6) is -0.196. The highest BCUT2D eigenvalue weighted by atomic mass is 32.2. The summed E-state index contributed by atoms with van der Waals surface area (Å²) < 4.78 is 74.2. The predicted molar refractivity (Wildman–Crippen MR) is 151 cm³/mol. The van der Waals surface area contributed by atoms with Gasteiger partial charge in [0, 0.05) is 30.0 Å². The Balaban J connectivity index is 1.46. The van der Waals surface area contributed by atoms with E-state index in [0.717, 1.165) is 27.5 Å². The molecule has 0 N–H and O–H groups in total. The first-order valence-electron chi connectivity index (χ1n) is 13.0. The van der Waals surface area contributed by atoms with E-state index in [1.54, 1.807) is 13.4 Å². The number of amidine groups is 1. The minimum Gasteiger partial charge on any atom is -0.495 e. The van der Waals surface area contributed by atoms with Gasteiger partial charge in [-0.1, -0.05) is 23.4 Å². The van der Waals surface area contributed by atoms with Crippen LogP contribution in [0.3, 0.4) is 0 Å². The number of rotatable bonds is 7. The number of oxime groups is 1. The van der Waals surface area contributed by atoms with Crippen LogP contribution in [0.5, 0.6) is 5.75 Å². The number of imidazole rings is 1. The van der Waals surface area contributed by atoms with Gasteiger partial charge in [0.15, 0.2) is 5.84 Å². The molecule has 1 spiro atoms. The quantitative estimate of drug-likeness (QED) is 0.403. The molecule has 0 amide bonds. The second-order valence-electron chi connectivity index (χ2n) is 10.8. The Kier molecular flexibility index (Phi) is 6.30. The first-order chi connectivity index (χ1) is 19.4. The number of sulfonamides is 1. The Labute approximate surface area is 238 Å². The van der Waals surface area contributed by atoms with Gasteiger partial charge in [-0.2, -0.15) is 0 Å². The van der Waals surface area contributed by atoms with Gasteiger partial charge in [0.2, 0.25) is 10.0 Å². The summed E-state index contributed by atoms with van der Waals surface area (Å²) in [7, 11) is -5.97. The third kappa shape index (κ3) is 4.60. The Bertz CT molecular complexity index is 1810. The molecule has 2 aliphatic heterocycles. The van der Waals surface area contributed by atoms with E-state index < -0.39 is 36.1 Å². The standard InChI is InChI=1S/C28H29FN4O6S2/c1-19-17-32(18-30-19)24-9-4-20(15-25(24)38-2)14-21-16-27(10-11-27)41(36,37)33-26(21)31-39-28(33,12-13-40(3,34)35)22-5-7-23(29)8-6-22/h4-9,14-15,17-18H,10-13,16H2,1-3H3/b21-14+. The van der Waals surface area contributed by atoms with Crippen molar-refractivity contribution in [2.24, 2.45) is 5.16 Å². The van der Waals surface area contributed by atoms with Crippen LogP contribution in [0, 0.1) is 12.7 Å². The molecule has 2 fully saturated rings. The van der Waals surface area contributed by atoms with E-state index in [1.807, 2.05) is 42.0 Å².